The fourth-order valence-electron chi connectivity index (χ4n) is 3.52. The number of carbonyl (C=O) groups is 1. The number of hydrogen-bond acceptors (Lipinski definition) is 4. The normalized spacial score (nSPS) is 17.5. The van der Waals surface area contributed by atoms with Gasteiger partial charge in [-0.25, -0.2) is 18.7 Å². The van der Waals surface area contributed by atoms with Crippen LogP contribution in [0.25, 0.3) is 0 Å². The van der Waals surface area contributed by atoms with Gasteiger partial charge < -0.3 is 14.4 Å². The van der Waals surface area contributed by atoms with Crippen LogP contribution in [-0.4, -0.2) is 64.0 Å². The van der Waals surface area contributed by atoms with Crippen molar-refractivity contribution in [2.45, 2.75) is 31.7 Å². The van der Waals surface area contributed by atoms with E-state index in [-0.39, 0.29) is 11.6 Å². The van der Waals surface area contributed by atoms with Gasteiger partial charge in [-0.2, -0.15) is 0 Å². The Morgan fingerprint density at radius 1 is 1.33 bits per heavy atom. The Labute approximate surface area is 157 Å². The molecule has 0 unspecified atom stereocenters. The maximum absolute atomic E-state index is 13.9. The van der Waals surface area contributed by atoms with E-state index >= 15 is 0 Å². The minimum Gasteiger partial charge on any atom is -0.336 e. The molecular weight excluding hydrogens is 352 g/mol. The Morgan fingerprint density at radius 3 is 2.89 bits per heavy atom. The van der Waals surface area contributed by atoms with E-state index in [0.717, 1.165) is 44.4 Å². The number of likely N-dealkylation sites (tertiary alicyclic amines) is 1. The van der Waals surface area contributed by atoms with Gasteiger partial charge in [-0.3, -0.25) is 4.79 Å². The predicted molar refractivity (Wildman–Crippen MR) is 97.4 cm³/mol. The molecule has 0 aliphatic carbocycles. The summed E-state index contributed by atoms with van der Waals surface area (Å²) in [6.07, 6.45) is 7.36. The summed E-state index contributed by atoms with van der Waals surface area (Å²) >= 11 is 0. The highest BCUT2D eigenvalue weighted by Gasteiger charge is 2.29. The monoisotopic (exact) mass is 377 g/mol. The first-order chi connectivity index (χ1) is 13.0. The van der Waals surface area contributed by atoms with Crippen LogP contribution < -0.4 is 0 Å². The highest BCUT2D eigenvalue weighted by molar-refractivity contribution is 5.92. The fourth-order valence-corrected chi connectivity index (χ4v) is 3.52. The molecule has 1 fully saturated rings. The number of amides is 1. The van der Waals surface area contributed by atoms with Crippen molar-refractivity contribution in [3.63, 3.8) is 0 Å². The molecule has 1 aliphatic heterocycles. The number of hydrogen-bond donors (Lipinski definition) is 0. The third-order valence-electron chi connectivity index (χ3n) is 4.84. The van der Waals surface area contributed by atoms with E-state index in [1.54, 1.807) is 11.1 Å². The molecule has 0 spiro atoms. The second-order valence-corrected chi connectivity index (χ2v) is 7.21. The Kier molecular flexibility index (Phi) is 6.15. The molecule has 146 valence electrons. The van der Waals surface area contributed by atoms with Gasteiger partial charge in [-0.1, -0.05) is 0 Å². The van der Waals surface area contributed by atoms with Crippen LogP contribution in [0.2, 0.25) is 0 Å². The molecule has 2 aromatic rings. The second-order valence-electron chi connectivity index (χ2n) is 7.21. The average Bonchev–Trinajstić information content (AvgIpc) is 3.09. The van der Waals surface area contributed by atoms with E-state index in [1.807, 2.05) is 20.3 Å². The lowest BCUT2D eigenvalue weighted by atomic mass is 9.96. The smallest absolute Gasteiger partial charge is 0.275 e. The topological polar surface area (TPSA) is 54.3 Å². The number of imidazole rings is 1. The van der Waals surface area contributed by atoms with E-state index in [4.69, 9.17) is 0 Å². The maximum Gasteiger partial charge on any atom is 0.275 e. The summed E-state index contributed by atoms with van der Waals surface area (Å²) < 4.78 is 29.1. The molecular formula is C19H25F2N5O. The van der Waals surface area contributed by atoms with Crippen molar-refractivity contribution in [3.05, 3.63) is 47.8 Å². The van der Waals surface area contributed by atoms with Gasteiger partial charge in [-0.05, 0) is 39.9 Å². The first-order valence-corrected chi connectivity index (χ1v) is 9.21. The lowest BCUT2D eigenvalue weighted by Gasteiger charge is -2.32. The summed E-state index contributed by atoms with van der Waals surface area (Å²) in [6.45, 7) is 2.85. The fraction of sp³-hybridized carbons (Fsp3) is 0.526. The van der Waals surface area contributed by atoms with Crippen LogP contribution in [0.1, 0.15) is 41.5 Å². The van der Waals surface area contributed by atoms with E-state index in [2.05, 4.69) is 19.4 Å². The SMILES string of the molecule is CN(C)CCCn1ccnc1[C@@H]1CCCN(C(=O)c2ncc(F)cc2F)C1. The molecule has 0 N–H and O–H groups in total. The minimum absolute atomic E-state index is 0.0977. The molecule has 1 saturated heterocycles. The highest BCUT2D eigenvalue weighted by Crippen LogP contribution is 2.27. The molecule has 0 bridgehead atoms. The van der Waals surface area contributed by atoms with Crippen molar-refractivity contribution in [1.29, 1.82) is 0 Å². The molecule has 27 heavy (non-hydrogen) atoms. The molecule has 1 atom stereocenters. The Bertz CT molecular complexity index is 792. The van der Waals surface area contributed by atoms with Crippen molar-refractivity contribution >= 4 is 5.91 Å². The Morgan fingerprint density at radius 2 is 2.15 bits per heavy atom. The highest BCUT2D eigenvalue weighted by atomic mass is 19.1. The average molecular weight is 377 g/mol. The summed E-state index contributed by atoms with van der Waals surface area (Å²) in [6, 6.07) is 0.694. The van der Waals surface area contributed by atoms with Crippen LogP contribution in [0.5, 0.6) is 0 Å². The molecule has 3 rings (SSSR count). The maximum atomic E-state index is 13.9. The van der Waals surface area contributed by atoms with Gasteiger partial charge in [0.15, 0.2) is 11.5 Å². The minimum atomic E-state index is -0.924. The van der Waals surface area contributed by atoms with Gasteiger partial charge in [-0.15, -0.1) is 0 Å². The van der Waals surface area contributed by atoms with E-state index < -0.39 is 17.5 Å². The Hall–Kier alpha value is -2.35. The number of pyridine rings is 1. The van der Waals surface area contributed by atoms with Gasteiger partial charge in [0.25, 0.3) is 5.91 Å². The molecule has 0 aromatic carbocycles. The van der Waals surface area contributed by atoms with Crippen LogP contribution >= 0.6 is 0 Å². The van der Waals surface area contributed by atoms with E-state index in [1.165, 1.54) is 0 Å². The zero-order valence-electron chi connectivity index (χ0n) is 15.7. The lowest BCUT2D eigenvalue weighted by molar-refractivity contribution is 0.0691. The summed E-state index contributed by atoms with van der Waals surface area (Å²) in [4.78, 5) is 24.5. The van der Waals surface area contributed by atoms with Gasteiger partial charge in [0.2, 0.25) is 0 Å². The number of aromatic nitrogens is 3. The van der Waals surface area contributed by atoms with Crippen LogP contribution in [0.3, 0.4) is 0 Å². The summed E-state index contributed by atoms with van der Waals surface area (Å²) in [7, 11) is 4.09. The summed E-state index contributed by atoms with van der Waals surface area (Å²) in [5, 5.41) is 0. The van der Waals surface area contributed by atoms with Crippen molar-refractivity contribution in [2.24, 2.45) is 0 Å². The number of carbonyl (C=O) groups excluding carboxylic acids is 1. The molecule has 6 nitrogen and oxygen atoms in total. The summed E-state index contributed by atoms with van der Waals surface area (Å²) in [5.74, 6) is -1.16. The van der Waals surface area contributed by atoms with Crippen molar-refractivity contribution < 1.29 is 13.6 Å². The van der Waals surface area contributed by atoms with Crippen LogP contribution in [0, 0.1) is 11.6 Å². The van der Waals surface area contributed by atoms with Gasteiger partial charge in [0, 0.05) is 44.0 Å². The zero-order valence-corrected chi connectivity index (χ0v) is 15.7. The third-order valence-corrected chi connectivity index (χ3v) is 4.84. The number of nitrogens with zero attached hydrogens (tertiary/aromatic N) is 5. The number of rotatable bonds is 6. The quantitative estimate of drug-likeness (QED) is 0.776. The standard InChI is InChI=1S/C19H25F2N5O/c1-24(2)7-4-9-25-10-6-22-18(25)14-5-3-8-26(13-14)19(27)17-16(21)11-15(20)12-23-17/h6,10-12,14H,3-5,7-9,13H2,1-2H3/t14-/m1/s1. The molecule has 3 heterocycles. The van der Waals surface area contributed by atoms with Gasteiger partial charge in [0.1, 0.15) is 11.6 Å². The van der Waals surface area contributed by atoms with Crippen LogP contribution in [0.4, 0.5) is 8.78 Å². The van der Waals surface area contributed by atoms with Gasteiger partial charge in [0.05, 0.1) is 6.20 Å². The first-order valence-electron chi connectivity index (χ1n) is 9.21. The number of aryl methyl sites for hydroxylation is 1. The van der Waals surface area contributed by atoms with E-state index in [0.29, 0.717) is 19.2 Å². The molecule has 0 radical (unpaired) electrons. The van der Waals surface area contributed by atoms with Crippen LogP contribution in [-0.2, 0) is 6.54 Å². The summed E-state index contributed by atoms with van der Waals surface area (Å²) in [5.41, 5.74) is -0.327. The molecule has 1 aliphatic rings. The lowest BCUT2D eigenvalue weighted by Crippen LogP contribution is -2.40. The zero-order chi connectivity index (χ0) is 19.4. The largest absolute Gasteiger partial charge is 0.336 e. The molecule has 2 aromatic heterocycles. The molecule has 8 heteroatoms. The molecule has 0 saturated carbocycles. The van der Waals surface area contributed by atoms with E-state index in [9.17, 15) is 13.6 Å². The van der Waals surface area contributed by atoms with Crippen molar-refractivity contribution in [3.8, 4) is 0 Å². The van der Waals surface area contributed by atoms with Crippen molar-refractivity contribution in [2.75, 3.05) is 33.7 Å². The van der Waals surface area contributed by atoms with Crippen LogP contribution in [0.15, 0.2) is 24.7 Å². The molecule has 1 amide bonds. The van der Waals surface area contributed by atoms with Gasteiger partial charge >= 0.3 is 0 Å². The Balaban J connectivity index is 1.69. The number of halogens is 2. The third kappa shape index (κ3) is 4.68. The first kappa shape index (κ1) is 19.4. The predicted octanol–water partition coefficient (Wildman–Crippen LogP) is 2.53. The van der Waals surface area contributed by atoms with Crippen molar-refractivity contribution in [1.82, 2.24) is 24.3 Å². The number of piperidine rings is 1. The second kappa shape index (κ2) is 8.56.